The molecule has 1 aromatic heterocycles. The van der Waals surface area contributed by atoms with E-state index in [1.807, 2.05) is 36.6 Å². The molecule has 128 valence electrons. The predicted octanol–water partition coefficient (Wildman–Crippen LogP) is 3.25. The van der Waals surface area contributed by atoms with Gasteiger partial charge in [-0.25, -0.2) is 9.78 Å². The van der Waals surface area contributed by atoms with E-state index in [0.717, 1.165) is 36.1 Å². The fraction of sp³-hybridized carbons (Fsp3) is 0.412. The van der Waals surface area contributed by atoms with E-state index in [9.17, 15) is 4.79 Å². The van der Waals surface area contributed by atoms with Crippen LogP contribution in [0.2, 0.25) is 0 Å². The first-order valence-electron chi connectivity index (χ1n) is 8.05. The molecule has 7 heteroatoms. The highest BCUT2D eigenvalue weighted by Gasteiger charge is 2.17. The number of morpholine rings is 1. The van der Waals surface area contributed by atoms with Crippen molar-refractivity contribution in [3.8, 4) is 0 Å². The van der Waals surface area contributed by atoms with E-state index < -0.39 is 0 Å². The Kier molecular flexibility index (Phi) is 5.32. The Bertz CT molecular complexity index is 660. The summed E-state index contributed by atoms with van der Waals surface area (Å²) in [5.74, 6) is 0. The number of amides is 2. The maximum atomic E-state index is 12.1. The van der Waals surface area contributed by atoms with Gasteiger partial charge in [-0.2, -0.15) is 0 Å². The molecule has 6 nitrogen and oxygen atoms in total. The van der Waals surface area contributed by atoms with Crippen LogP contribution in [0.4, 0.5) is 16.2 Å². The van der Waals surface area contributed by atoms with Gasteiger partial charge in [0.15, 0.2) is 0 Å². The molecule has 1 saturated heterocycles. The van der Waals surface area contributed by atoms with Gasteiger partial charge in [0.25, 0.3) is 0 Å². The molecule has 1 fully saturated rings. The lowest BCUT2D eigenvalue weighted by atomic mass is 10.2. The summed E-state index contributed by atoms with van der Waals surface area (Å²) in [6, 6.07) is 7.55. The van der Waals surface area contributed by atoms with Gasteiger partial charge in [0.2, 0.25) is 0 Å². The Morgan fingerprint density at radius 2 is 2.21 bits per heavy atom. The number of rotatable bonds is 4. The molecule has 1 aliphatic heterocycles. The second kappa shape index (κ2) is 7.63. The number of nitrogens with one attached hydrogen (secondary N) is 2. The van der Waals surface area contributed by atoms with E-state index in [0.29, 0.717) is 0 Å². The maximum Gasteiger partial charge on any atom is 0.319 e. The molecule has 1 aromatic carbocycles. The number of hydrogen-bond donors (Lipinski definition) is 2. The van der Waals surface area contributed by atoms with Crippen molar-refractivity contribution in [3.05, 3.63) is 40.8 Å². The summed E-state index contributed by atoms with van der Waals surface area (Å²) >= 11 is 1.53. The Morgan fingerprint density at radius 1 is 1.42 bits per heavy atom. The summed E-state index contributed by atoms with van der Waals surface area (Å²) in [5, 5.41) is 8.53. The molecule has 3 rings (SSSR count). The molecule has 0 saturated carbocycles. The minimum Gasteiger partial charge on any atom is -0.375 e. The van der Waals surface area contributed by atoms with E-state index in [2.05, 4.69) is 27.4 Å². The minimum atomic E-state index is -0.231. The number of anilines is 2. The number of urea groups is 1. The van der Waals surface area contributed by atoms with E-state index in [4.69, 9.17) is 4.74 Å². The molecule has 2 aromatic rings. The van der Waals surface area contributed by atoms with E-state index in [1.165, 1.54) is 11.3 Å². The van der Waals surface area contributed by atoms with Crippen LogP contribution in [-0.2, 0) is 4.74 Å². The highest BCUT2D eigenvalue weighted by molar-refractivity contribution is 7.09. The third kappa shape index (κ3) is 4.24. The molecule has 2 amide bonds. The number of carbonyl (C=O) groups excluding carboxylic acids is 1. The molecular formula is C17H22N4O2S. The standard InChI is InChI=1S/C17H22N4O2S/c1-12-11-21(8-9-23-12)15-5-3-14(4-6-15)20-17(22)19-13(2)16-18-7-10-24-16/h3-7,10,12-13H,8-9,11H2,1-2H3,(H2,19,20,22)/t12-,13-/m0/s1. The number of benzene rings is 1. The predicted molar refractivity (Wildman–Crippen MR) is 96.8 cm³/mol. The fourth-order valence-electron chi connectivity index (χ4n) is 2.68. The Hall–Kier alpha value is -2.12. The molecule has 0 unspecified atom stereocenters. The van der Waals surface area contributed by atoms with Crippen LogP contribution in [0.25, 0.3) is 0 Å². The first kappa shape index (κ1) is 16.7. The lowest BCUT2D eigenvalue weighted by molar-refractivity contribution is 0.0532. The van der Waals surface area contributed by atoms with Crippen LogP contribution >= 0.6 is 11.3 Å². The number of hydrogen-bond acceptors (Lipinski definition) is 5. The minimum absolute atomic E-state index is 0.112. The van der Waals surface area contributed by atoms with Crippen molar-refractivity contribution in [3.63, 3.8) is 0 Å². The second-order valence-electron chi connectivity index (χ2n) is 5.86. The second-order valence-corrected chi connectivity index (χ2v) is 6.79. The van der Waals surface area contributed by atoms with Crippen LogP contribution in [-0.4, -0.2) is 36.8 Å². The molecule has 24 heavy (non-hydrogen) atoms. The van der Waals surface area contributed by atoms with Gasteiger partial charge in [0.1, 0.15) is 5.01 Å². The normalized spacial score (nSPS) is 18.9. The quantitative estimate of drug-likeness (QED) is 0.892. The third-order valence-corrected chi connectivity index (χ3v) is 4.86. The van der Waals surface area contributed by atoms with Crippen LogP contribution in [0, 0.1) is 0 Å². The number of aromatic nitrogens is 1. The first-order chi connectivity index (χ1) is 11.6. The van der Waals surface area contributed by atoms with Gasteiger partial charge in [-0.15, -0.1) is 11.3 Å². The van der Waals surface area contributed by atoms with Crippen molar-refractivity contribution in [2.45, 2.75) is 26.0 Å². The van der Waals surface area contributed by atoms with Crippen LogP contribution in [0.1, 0.15) is 24.9 Å². The van der Waals surface area contributed by atoms with Gasteiger partial charge >= 0.3 is 6.03 Å². The van der Waals surface area contributed by atoms with Crippen molar-refractivity contribution in [2.24, 2.45) is 0 Å². The molecule has 2 atom stereocenters. The van der Waals surface area contributed by atoms with Gasteiger partial charge in [0.05, 0.1) is 18.8 Å². The van der Waals surface area contributed by atoms with Gasteiger partial charge in [-0.05, 0) is 38.1 Å². The zero-order chi connectivity index (χ0) is 16.9. The highest BCUT2D eigenvalue weighted by Crippen LogP contribution is 2.21. The largest absolute Gasteiger partial charge is 0.375 e. The molecule has 2 N–H and O–H groups in total. The van der Waals surface area contributed by atoms with Gasteiger partial charge in [-0.1, -0.05) is 0 Å². The molecule has 1 aliphatic rings. The summed E-state index contributed by atoms with van der Waals surface area (Å²) < 4.78 is 5.56. The Labute approximate surface area is 145 Å². The average Bonchev–Trinajstić information content (AvgIpc) is 3.10. The molecule has 0 aliphatic carbocycles. The summed E-state index contributed by atoms with van der Waals surface area (Å²) in [6.07, 6.45) is 1.98. The van der Waals surface area contributed by atoms with Crippen LogP contribution in [0.15, 0.2) is 35.8 Å². The third-order valence-electron chi connectivity index (χ3n) is 3.90. The summed E-state index contributed by atoms with van der Waals surface area (Å²) in [7, 11) is 0. The van der Waals surface area contributed by atoms with Crippen LogP contribution in [0.3, 0.4) is 0 Å². The van der Waals surface area contributed by atoms with Crippen molar-refractivity contribution in [1.82, 2.24) is 10.3 Å². The summed E-state index contributed by atoms with van der Waals surface area (Å²) in [5.41, 5.74) is 1.91. The van der Waals surface area contributed by atoms with Crippen molar-refractivity contribution < 1.29 is 9.53 Å². The molecular weight excluding hydrogens is 324 g/mol. The maximum absolute atomic E-state index is 12.1. The average molecular weight is 346 g/mol. The summed E-state index contributed by atoms with van der Waals surface area (Å²) in [4.78, 5) is 18.6. The van der Waals surface area contributed by atoms with E-state index in [1.54, 1.807) is 6.20 Å². The molecule has 0 bridgehead atoms. The van der Waals surface area contributed by atoms with Crippen LogP contribution in [0.5, 0.6) is 0 Å². The molecule has 0 radical (unpaired) electrons. The van der Waals surface area contributed by atoms with Gasteiger partial charge in [0, 0.05) is 36.0 Å². The van der Waals surface area contributed by atoms with Gasteiger partial charge < -0.3 is 20.3 Å². The van der Waals surface area contributed by atoms with Crippen LogP contribution < -0.4 is 15.5 Å². The van der Waals surface area contributed by atoms with Crippen molar-refractivity contribution in [1.29, 1.82) is 0 Å². The van der Waals surface area contributed by atoms with E-state index in [-0.39, 0.29) is 18.2 Å². The SMILES string of the molecule is C[C@H](NC(=O)Nc1ccc(N2CCO[C@@H](C)C2)cc1)c1nccs1. The topological polar surface area (TPSA) is 66.5 Å². The van der Waals surface area contributed by atoms with Crippen molar-refractivity contribution >= 4 is 28.7 Å². The smallest absolute Gasteiger partial charge is 0.319 e. The number of ether oxygens (including phenoxy) is 1. The summed E-state index contributed by atoms with van der Waals surface area (Å²) in [6.45, 7) is 6.52. The first-order valence-corrected chi connectivity index (χ1v) is 8.93. The Balaban J connectivity index is 1.54. The lowest BCUT2D eigenvalue weighted by Crippen LogP contribution is -2.41. The lowest BCUT2D eigenvalue weighted by Gasteiger charge is -2.33. The Morgan fingerprint density at radius 3 is 2.88 bits per heavy atom. The van der Waals surface area contributed by atoms with Crippen molar-refractivity contribution in [2.75, 3.05) is 29.9 Å². The zero-order valence-corrected chi connectivity index (χ0v) is 14.7. The number of thiazole rings is 1. The fourth-order valence-corrected chi connectivity index (χ4v) is 3.33. The molecule has 2 heterocycles. The van der Waals surface area contributed by atoms with Gasteiger partial charge in [-0.3, -0.25) is 0 Å². The monoisotopic (exact) mass is 346 g/mol. The molecule has 0 spiro atoms. The highest BCUT2D eigenvalue weighted by atomic mass is 32.1. The number of carbonyl (C=O) groups is 1. The number of nitrogens with zero attached hydrogens (tertiary/aromatic N) is 2. The zero-order valence-electron chi connectivity index (χ0n) is 13.9. The van der Waals surface area contributed by atoms with E-state index >= 15 is 0 Å².